The van der Waals surface area contributed by atoms with Gasteiger partial charge < -0.3 is 9.64 Å². The van der Waals surface area contributed by atoms with Gasteiger partial charge in [-0.3, -0.25) is 4.79 Å². The van der Waals surface area contributed by atoms with Gasteiger partial charge in [0.15, 0.2) is 0 Å². The van der Waals surface area contributed by atoms with Crippen LogP contribution >= 0.6 is 22.7 Å². The number of carbonyl (C=O) groups is 1. The number of hydrogen-bond acceptors (Lipinski definition) is 5. The molecule has 110 valence electrons. The maximum Gasteiger partial charge on any atom is 0.273 e. The van der Waals surface area contributed by atoms with Crippen LogP contribution in [0, 0.1) is 0 Å². The van der Waals surface area contributed by atoms with Gasteiger partial charge in [0.25, 0.3) is 5.91 Å². The summed E-state index contributed by atoms with van der Waals surface area (Å²) in [5, 5.41) is 7.17. The predicted molar refractivity (Wildman–Crippen MR) is 83.0 cm³/mol. The summed E-state index contributed by atoms with van der Waals surface area (Å²) in [7, 11) is 0. The molecular formula is C15H16N2O2S2. The van der Waals surface area contributed by atoms with Crippen LogP contribution in [0.5, 0.6) is 0 Å². The van der Waals surface area contributed by atoms with Crippen LogP contribution in [-0.4, -0.2) is 35.5 Å². The quantitative estimate of drug-likeness (QED) is 0.871. The summed E-state index contributed by atoms with van der Waals surface area (Å²) in [6.45, 7) is 1.85. The second kappa shape index (κ2) is 5.51. The minimum absolute atomic E-state index is 0.00418. The minimum Gasteiger partial charge on any atom is -0.370 e. The molecule has 1 saturated heterocycles. The predicted octanol–water partition coefficient (Wildman–Crippen LogP) is 3.30. The largest absolute Gasteiger partial charge is 0.370 e. The summed E-state index contributed by atoms with van der Waals surface area (Å²) < 4.78 is 5.79. The van der Waals surface area contributed by atoms with Gasteiger partial charge in [-0.05, 0) is 35.2 Å². The van der Waals surface area contributed by atoms with E-state index in [0.29, 0.717) is 31.3 Å². The standard InChI is InChI=1S/C15H16N2O2S2/c18-15(12-9-21-14(16-12)10-1-2-10)17-4-5-19-13(7-17)11-3-6-20-8-11/h3,6,8-10,13H,1-2,4-5,7H2. The summed E-state index contributed by atoms with van der Waals surface area (Å²) in [6, 6.07) is 2.07. The number of amides is 1. The second-order valence-corrected chi connectivity index (χ2v) is 7.18. The van der Waals surface area contributed by atoms with Gasteiger partial charge in [0.05, 0.1) is 18.2 Å². The molecule has 0 radical (unpaired) electrons. The average molecular weight is 320 g/mol. The van der Waals surface area contributed by atoms with Gasteiger partial charge in [0, 0.05) is 17.8 Å². The lowest BCUT2D eigenvalue weighted by Gasteiger charge is -2.32. The van der Waals surface area contributed by atoms with Crippen molar-refractivity contribution in [2.75, 3.05) is 19.7 Å². The fourth-order valence-corrected chi connectivity index (χ4v) is 4.23. The average Bonchev–Trinajstić information content (AvgIpc) is 3.05. The Balaban J connectivity index is 1.47. The molecule has 1 amide bonds. The van der Waals surface area contributed by atoms with Gasteiger partial charge in [-0.1, -0.05) is 0 Å². The third-order valence-electron chi connectivity index (χ3n) is 3.94. The summed E-state index contributed by atoms with van der Waals surface area (Å²) in [5.41, 5.74) is 1.77. The SMILES string of the molecule is O=C(c1csc(C2CC2)n1)N1CCOC(c2ccsc2)C1. The van der Waals surface area contributed by atoms with Crippen molar-refractivity contribution < 1.29 is 9.53 Å². The van der Waals surface area contributed by atoms with E-state index in [1.165, 1.54) is 12.8 Å². The van der Waals surface area contributed by atoms with Gasteiger partial charge in [0.2, 0.25) is 0 Å². The molecular weight excluding hydrogens is 304 g/mol. The fraction of sp³-hybridized carbons (Fsp3) is 0.467. The molecule has 0 bridgehead atoms. The summed E-state index contributed by atoms with van der Waals surface area (Å²) in [5.74, 6) is 0.654. The molecule has 1 unspecified atom stereocenters. The first-order valence-electron chi connectivity index (χ1n) is 7.19. The van der Waals surface area contributed by atoms with E-state index in [9.17, 15) is 4.79 Å². The molecule has 2 aromatic rings. The highest BCUT2D eigenvalue weighted by molar-refractivity contribution is 7.10. The van der Waals surface area contributed by atoms with Crippen LogP contribution in [0.2, 0.25) is 0 Å². The molecule has 2 aliphatic rings. The molecule has 1 saturated carbocycles. The minimum atomic E-state index is -0.00418. The van der Waals surface area contributed by atoms with Crippen molar-refractivity contribution in [3.05, 3.63) is 38.5 Å². The highest BCUT2D eigenvalue weighted by Crippen LogP contribution is 2.41. The maximum absolute atomic E-state index is 12.6. The van der Waals surface area contributed by atoms with Crippen molar-refractivity contribution in [2.45, 2.75) is 24.9 Å². The van der Waals surface area contributed by atoms with E-state index in [2.05, 4.69) is 16.4 Å². The monoisotopic (exact) mass is 320 g/mol. The van der Waals surface area contributed by atoms with Crippen molar-refractivity contribution in [3.63, 3.8) is 0 Å². The van der Waals surface area contributed by atoms with Crippen LogP contribution in [0.25, 0.3) is 0 Å². The zero-order valence-corrected chi connectivity index (χ0v) is 13.2. The number of ether oxygens (including phenoxy) is 1. The van der Waals surface area contributed by atoms with E-state index in [4.69, 9.17) is 4.74 Å². The van der Waals surface area contributed by atoms with E-state index in [1.807, 2.05) is 15.7 Å². The fourth-order valence-electron chi connectivity index (χ4n) is 2.56. The molecule has 3 heterocycles. The molecule has 1 aliphatic heterocycles. The van der Waals surface area contributed by atoms with Crippen LogP contribution in [-0.2, 0) is 4.74 Å². The number of thiazole rings is 1. The zero-order chi connectivity index (χ0) is 14.2. The van der Waals surface area contributed by atoms with Gasteiger partial charge in [-0.15, -0.1) is 11.3 Å². The Bertz CT molecular complexity index is 634. The van der Waals surface area contributed by atoms with E-state index < -0.39 is 0 Å². The van der Waals surface area contributed by atoms with Crippen molar-refractivity contribution >= 4 is 28.6 Å². The van der Waals surface area contributed by atoms with Gasteiger partial charge in [-0.2, -0.15) is 11.3 Å². The van der Waals surface area contributed by atoms with E-state index in [1.54, 1.807) is 22.7 Å². The lowest BCUT2D eigenvalue weighted by molar-refractivity contribution is -0.0228. The number of hydrogen-bond donors (Lipinski definition) is 0. The Morgan fingerprint density at radius 1 is 1.38 bits per heavy atom. The Hall–Kier alpha value is -1.24. The van der Waals surface area contributed by atoms with Gasteiger partial charge in [-0.25, -0.2) is 4.98 Å². The van der Waals surface area contributed by atoms with Crippen molar-refractivity contribution in [1.29, 1.82) is 0 Å². The molecule has 6 heteroatoms. The lowest BCUT2D eigenvalue weighted by Crippen LogP contribution is -2.42. The molecule has 21 heavy (non-hydrogen) atoms. The Labute approximate surface area is 131 Å². The number of morpholine rings is 1. The summed E-state index contributed by atoms with van der Waals surface area (Å²) >= 11 is 3.28. The number of carbonyl (C=O) groups excluding carboxylic acids is 1. The second-order valence-electron chi connectivity index (χ2n) is 5.51. The molecule has 4 rings (SSSR count). The molecule has 1 atom stereocenters. The number of rotatable bonds is 3. The molecule has 0 aromatic carbocycles. The van der Waals surface area contributed by atoms with Gasteiger partial charge >= 0.3 is 0 Å². The number of nitrogens with zero attached hydrogens (tertiary/aromatic N) is 2. The maximum atomic E-state index is 12.6. The Morgan fingerprint density at radius 2 is 2.29 bits per heavy atom. The van der Waals surface area contributed by atoms with Crippen LogP contribution < -0.4 is 0 Å². The van der Waals surface area contributed by atoms with Crippen molar-refractivity contribution in [1.82, 2.24) is 9.88 Å². The molecule has 0 spiro atoms. The molecule has 1 aliphatic carbocycles. The first-order valence-corrected chi connectivity index (χ1v) is 9.02. The number of thiophene rings is 1. The Kier molecular flexibility index (Phi) is 3.52. The summed E-state index contributed by atoms with van der Waals surface area (Å²) in [6.07, 6.45) is 2.44. The van der Waals surface area contributed by atoms with Gasteiger partial charge in [0.1, 0.15) is 11.8 Å². The first kappa shape index (κ1) is 13.4. The highest BCUT2D eigenvalue weighted by Gasteiger charge is 2.30. The number of aromatic nitrogens is 1. The topological polar surface area (TPSA) is 42.4 Å². The first-order chi connectivity index (χ1) is 10.3. The highest BCUT2D eigenvalue weighted by atomic mass is 32.1. The zero-order valence-electron chi connectivity index (χ0n) is 11.5. The van der Waals surface area contributed by atoms with Crippen LogP contribution in [0.15, 0.2) is 22.2 Å². The van der Waals surface area contributed by atoms with E-state index in [0.717, 1.165) is 10.6 Å². The lowest BCUT2D eigenvalue weighted by atomic mass is 10.1. The van der Waals surface area contributed by atoms with Crippen LogP contribution in [0.3, 0.4) is 0 Å². The third kappa shape index (κ3) is 2.75. The van der Waals surface area contributed by atoms with Crippen LogP contribution in [0.1, 0.15) is 45.9 Å². The molecule has 4 nitrogen and oxygen atoms in total. The Morgan fingerprint density at radius 3 is 3.05 bits per heavy atom. The molecule has 2 aromatic heterocycles. The van der Waals surface area contributed by atoms with Crippen molar-refractivity contribution in [2.24, 2.45) is 0 Å². The summed E-state index contributed by atoms with van der Waals surface area (Å²) in [4.78, 5) is 19.0. The molecule has 0 N–H and O–H groups in total. The van der Waals surface area contributed by atoms with E-state index >= 15 is 0 Å². The smallest absolute Gasteiger partial charge is 0.273 e. The molecule has 2 fully saturated rings. The normalized spacial score (nSPS) is 22.5. The van der Waals surface area contributed by atoms with E-state index in [-0.39, 0.29) is 12.0 Å². The van der Waals surface area contributed by atoms with Crippen molar-refractivity contribution in [3.8, 4) is 0 Å². The third-order valence-corrected chi connectivity index (χ3v) is 5.64. The van der Waals surface area contributed by atoms with Crippen LogP contribution in [0.4, 0.5) is 0 Å².